The van der Waals surface area contributed by atoms with Gasteiger partial charge in [-0.25, -0.2) is 0 Å². The maximum atomic E-state index is 5.28. The van der Waals surface area contributed by atoms with Gasteiger partial charge in [0.25, 0.3) is 0 Å². The summed E-state index contributed by atoms with van der Waals surface area (Å²) in [6, 6.07) is 26.9. The van der Waals surface area contributed by atoms with E-state index in [4.69, 9.17) is 4.74 Å². The molecule has 0 spiro atoms. The zero-order chi connectivity index (χ0) is 17.1. The maximum absolute atomic E-state index is 5.28. The monoisotopic (exact) mass is 328 g/mol. The average Bonchev–Trinajstić information content (AvgIpc) is 2.88. The number of hydrogen-bond acceptors (Lipinski definition) is 3. The van der Waals surface area contributed by atoms with E-state index in [1.807, 2.05) is 30.3 Å². The van der Waals surface area contributed by atoms with Gasteiger partial charge in [0.1, 0.15) is 5.75 Å². The van der Waals surface area contributed by atoms with E-state index in [1.165, 1.54) is 11.1 Å². The maximum Gasteiger partial charge on any atom is 0.118 e. The van der Waals surface area contributed by atoms with Crippen LogP contribution in [0.4, 0.5) is 11.4 Å². The fourth-order valence-corrected chi connectivity index (χ4v) is 3.06. The number of fused-ring (bicyclic) bond motifs is 1. The van der Waals surface area contributed by atoms with Crippen molar-refractivity contribution in [1.29, 1.82) is 0 Å². The van der Waals surface area contributed by atoms with E-state index >= 15 is 0 Å². The lowest BCUT2D eigenvalue weighted by atomic mass is 10.0. The van der Waals surface area contributed by atoms with Gasteiger partial charge < -0.3 is 15.4 Å². The lowest BCUT2D eigenvalue weighted by Gasteiger charge is -2.16. The quantitative estimate of drug-likeness (QED) is 0.683. The van der Waals surface area contributed by atoms with Gasteiger partial charge in [-0.3, -0.25) is 0 Å². The van der Waals surface area contributed by atoms with Gasteiger partial charge in [0.2, 0.25) is 0 Å². The summed E-state index contributed by atoms with van der Waals surface area (Å²) in [6.45, 7) is 0. The van der Waals surface area contributed by atoms with Crippen molar-refractivity contribution in [1.82, 2.24) is 0 Å². The molecule has 0 fully saturated rings. The average molecular weight is 328 g/mol. The molecule has 1 heterocycles. The minimum absolute atomic E-state index is 0.0669. The molecule has 1 atom stereocenters. The van der Waals surface area contributed by atoms with E-state index in [9.17, 15) is 0 Å². The number of hydrogen-bond donors (Lipinski definition) is 2. The molecule has 3 aromatic carbocycles. The lowest BCUT2D eigenvalue weighted by molar-refractivity contribution is 0.414. The number of benzene rings is 3. The number of rotatable bonds is 3. The van der Waals surface area contributed by atoms with Crippen LogP contribution in [0.3, 0.4) is 0 Å². The highest BCUT2D eigenvalue weighted by Gasteiger charge is 2.17. The Morgan fingerprint density at radius 1 is 0.760 bits per heavy atom. The van der Waals surface area contributed by atoms with Gasteiger partial charge in [-0.1, -0.05) is 54.6 Å². The molecule has 0 radical (unpaired) electrons. The Morgan fingerprint density at radius 2 is 1.44 bits per heavy atom. The summed E-state index contributed by atoms with van der Waals surface area (Å²) >= 11 is 0. The van der Waals surface area contributed by atoms with Crippen molar-refractivity contribution < 1.29 is 4.74 Å². The second-order valence-corrected chi connectivity index (χ2v) is 6.01. The summed E-state index contributed by atoms with van der Waals surface area (Å²) < 4.78 is 5.28. The minimum atomic E-state index is 0.0669. The highest BCUT2D eigenvalue weighted by atomic mass is 16.5. The molecule has 3 heteroatoms. The van der Waals surface area contributed by atoms with Crippen molar-refractivity contribution in [2.75, 3.05) is 17.7 Å². The molecular weight excluding hydrogens is 308 g/mol. The molecule has 3 aromatic rings. The van der Waals surface area contributed by atoms with Crippen LogP contribution in [0.15, 0.2) is 84.9 Å². The van der Waals surface area contributed by atoms with Crippen LogP contribution in [-0.4, -0.2) is 7.11 Å². The Balaban J connectivity index is 1.78. The zero-order valence-corrected chi connectivity index (χ0v) is 14.1. The predicted molar refractivity (Wildman–Crippen MR) is 104 cm³/mol. The van der Waals surface area contributed by atoms with Crippen molar-refractivity contribution in [3.05, 3.63) is 96.1 Å². The van der Waals surface area contributed by atoms with E-state index in [1.54, 1.807) is 7.11 Å². The first-order valence-electron chi connectivity index (χ1n) is 8.37. The van der Waals surface area contributed by atoms with Crippen LogP contribution in [-0.2, 0) is 0 Å². The number of methoxy groups -OCH3 is 1. The van der Waals surface area contributed by atoms with Gasteiger partial charge in [0, 0.05) is 5.70 Å². The summed E-state index contributed by atoms with van der Waals surface area (Å²) in [5.41, 5.74) is 5.62. The van der Waals surface area contributed by atoms with Crippen LogP contribution in [0.25, 0.3) is 5.70 Å². The Morgan fingerprint density at radius 3 is 2.16 bits per heavy atom. The van der Waals surface area contributed by atoms with Gasteiger partial charge >= 0.3 is 0 Å². The van der Waals surface area contributed by atoms with Crippen LogP contribution >= 0.6 is 0 Å². The van der Waals surface area contributed by atoms with Crippen LogP contribution in [0, 0.1) is 0 Å². The molecule has 0 aliphatic carbocycles. The van der Waals surface area contributed by atoms with Gasteiger partial charge in [-0.05, 0) is 41.5 Å². The zero-order valence-electron chi connectivity index (χ0n) is 14.1. The van der Waals surface area contributed by atoms with Crippen molar-refractivity contribution >= 4 is 17.1 Å². The smallest absolute Gasteiger partial charge is 0.118 e. The molecule has 0 bridgehead atoms. The Bertz CT molecular complexity index is 885. The highest BCUT2D eigenvalue weighted by Crippen LogP contribution is 2.35. The molecule has 0 aromatic heterocycles. The molecule has 0 saturated heterocycles. The number of para-hydroxylation sites is 2. The molecule has 0 amide bonds. The lowest BCUT2D eigenvalue weighted by Crippen LogP contribution is -2.07. The summed E-state index contributed by atoms with van der Waals surface area (Å²) in [5.74, 6) is 0.864. The molecular formula is C22H20N2O. The van der Waals surface area contributed by atoms with E-state index in [0.717, 1.165) is 22.8 Å². The van der Waals surface area contributed by atoms with Gasteiger partial charge in [-0.15, -0.1) is 0 Å². The molecule has 0 saturated carbocycles. The third kappa shape index (κ3) is 3.22. The third-order valence-corrected chi connectivity index (χ3v) is 4.40. The number of nitrogens with one attached hydrogen (secondary N) is 2. The first-order valence-corrected chi connectivity index (χ1v) is 8.37. The standard InChI is InChI=1S/C22H20N2O/c1-25-18-13-11-17(12-14-18)22-15-21(16-7-3-2-4-8-16)23-19-9-5-6-10-20(19)24-22/h2-15,22-24H,1H3. The van der Waals surface area contributed by atoms with E-state index in [2.05, 4.69) is 65.2 Å². The summed E-state index contributed by atoms with van der Waals surface area (Å²) in [5, 5.41) is 7.21. The van der Waals surface area contributed by atoms with E-state index in [0.29, 0.717) is 0 Å². The fraction of sp³-hybridized carbons (Fsp3) is 0.0909. The number of ether oxygens (including phenoxy) is 1. The Labute approximate surface area is 148 Å². The second-order valence-electron chi connectivity index (χ2n) is 6.01. The normalized spacial score (nSPS) is 15.9. The van der Waals surface area contributed by atoms with Gasteiger partial charge in [0.05, 0.1) is 24.5 Å². The molecule has 4 rings (SSSR count). The summed E-state index contributed by atoms with van der Waals surface area (Å²) in [7, 11) is 1.69. The Kier molecular flexibility index (Phi) is 4.13. The van der Waals surface area contributed by atoms with Gasteiger partial charge in [0.15, 0.2) is 0 Å². The topological polar surface area (TPSA) is 33.3 Å². The fourth-order valence-electron chi connectivity index (χ4n) is 3.06. The summed E-state index contributed by atoms with van der Waals surface area (Å²) in [6.07, 6.45) is 2.23. The van der Waals surface area contributed by atoms with E-state index in [-0.39, 0.29) is 6.04 Å². The van der Waals surface area contributed by atoms with Crippen molar-refractivity contribution in [3.8, 4) is 5.75 Å². The molecule has 1 aliphatic heterocycles. The van der Waals surface area contributed by atoms with Crippen LogP contribution in [0.5, 0.6) is 5.75 Å². The van der Waals surface area contributed by atoms with Crippen molar-refractivity contribution in [3.63, 3.8) is 0 Å². The van der Waals surface area contributed by atoms with Crippen LogP contribution < -0.4 is 15.4 Å². The second kappa shape index (κ2) is 6.73. The summed E-state index contributed by atoms with van der Waals surface area (Å²) in [4.78, 5) is 0. The molecule has 25 heavy (non-hydrogen) atoms. The predicted octanol–water partition coefficient (Wildman–Crippen LogP) is 5.32. The minimum Gasteiger partial charge on any atom is -0.497 e. The van der Waals surface area contributed by atoms with Crippen molar-refractivity contribution in [2.45, 2.75) is 6.04 Å². The van der Waals surface area contributed by atoms with Crippen LogP contribution in [0.1, 0.15) is 17.2 Å². The first-order chi connectivity index (χ1) is 12.3. The Hall–Kier alpha value is -3.20. The van der Waals surface area contributed by atoms with Crippen molar-refractivity contribution in [2.24, 2.45) is 0 Å². The SMILES string of the molecule is COc1ccc(C2C=C(c3ccccc3)Nc3ccccc3N2)cc1. The molecule has 124 valence electrons. The third-order valence-electron chi connectivity index (χ3n) is 4.40. The molecule has 2 N–H and O–H groups in total. The van der Waals surface area contributed by atoms with E-state index < -0.39 is 0 Å². The first kappa shape index (κ1) is 15.3. The molecule has 1 unspecified atom stereocenters. The number of anilines is 2. The van der Waals surface area contributed by atoms with Gasteiger partial charge in [-0.2, -0.15) is 0 Å². The molecule has 3 nitrogen and oxygen atoms in total. The largest absolute Gasteiger partial charge is 0.497 e. The molecule has 1 aliphatic rings. The van der Waals surface area contributed by atoms with Crippen LogP contribution in [0.2, 0.25) is 0 Å². The highest BCUT2D eigenvalue weighted by molar-refractivity contribution is 5.85.